The first-order valence-electron chi connectivity index (χ1n) is 5.24. The van der Waals surface area contributed by atoms with Gasteiger partial charge in [-0.05, 0) is 26.0 Å². The van der Waals surface area contributed by atoms with Crippen LogP contribution >= 0.6 is 19.4 Å². The molecule has 0 aromatic heterocycles. The Morgan fingerprint density at radius 1 is 1.32 bits per heavy atom. The van der Waals surface area contributed by atoms with Crippen LogP contribution in [-0.2, 0) is 9.36 Å². The van der Waals surface area contributed by atoms with E-state index in [-0.39, 0.29) is 4.90 Å². The molecule has 0 aliphatic heterocycles. The van der Waals surface area contributed by atoms with E-state index in [0.29, 0.717) is 11.8 Å². The maximum Gasteiger partial charge on any atom is 0.332 e. The number of carbonyl (C=O) groups is 1. The summed E-state index contributed by atoms with van der Waals surface area (Å²) in [4.78, 5) is 28.9. The van der Waals surface area contributed by atoms with Crippen molar-refractivity contribution in [1.82, 2.24) is 0 Å². The van der Waals surface area contributed by atoms with Gasteiger partial charge in [-0.1, -0.05) is 6.07 Å². The van der Waals surface area contributed by atoms with Crippen LogP contribution in [0, 0.1) is 11.6 Å². The normalized spacial score (nSPS) is 12.5. The van der Waals surface area contributed by atoms with Gasteiger partial charge in [0.05, 0.1) is 9.64 Å². The van der Waals surface area contributed by atoms with Crippen molar-refractivity contribution in [2.75, 3.05) is 6.16 Å². The smallest absolute Gasteiger partial charge is 0.324 e. The van der Waals surface area contributed by atoms with Crippen LogP contribution in [0.3, 0.4) is 0 Å². The molecular weight excluding hydrogens is 297 g/mol. The lowest BCUT2D eigenvalue weighted by Gasteiger charge is -2.23. The molecule has 0 unspecified atom stereocenters. The van der Waals surface area contributed by atoms with E-state index in [4.69, 9.17) is 9.79 Å². The molecule has 0 bridgehead atoms. The molecule has 0 aliphatic carbocycles. The molecule has 0 radical (unpaired) electrons. The molecule has 0 atom stereocenters. The number of benzene rings is 1. The topological polar surface area (TPSA) is 74.6 Å². The van der Waals surface area contributed by atoms with Gasteiger partial charge in [-0.25, -0.2) is 8.78 Å². The number of thioether (sulfide) groups is 1. The first-order chi connectivity index (χ1) is 8.53. The van der Waals surface area contributed by atoms with Crippen LogP contribution < -0.4 is 0 Å². The molecule has 8 heteroatoms. The standard InChI is InChI=1S/C11H13F2O4PS/c1-11(2,9(14)6-18(15,16)17)19-10-7(12)4-3-5-8(10)13/h3-5H,6H2,1-2H3,(H2,15,16,17). The molecule has 2 N–H and O–H groups in total. The zero-order valence-electron chi connectivity index (χ0n) is 10.3. The third kappa shape index (κ3) is 4.69. The largest absolute Gasteiger partial charge is 0.332 e. The van der Waals surface area contributed by atoms with Gasteiger partial charge in [-0.15, -0.1) is 11.8 Å². The monoisotopic (exact) mass is 310 g/mol. The molecule has 1 rings (SSSR count). The second kappa shape index (κ2) is 5.71. The quantitative estimate of drug-likeness (QED) is 0.646. The summed E-state index contributed by atoms with van der Waals surface area (Å²) in [5.74, 6) is -2.41. The summed E-state index contributed by atoms with van der Waals surface area (Å²) in [5.41, 5.74) is 0. The maximum atomic E-state index is 13.5. The Morgan fingerprint density at radius 3 is 2.21 bits per heavy atom. The molecule has 1 aromatic carbocycles. The Hall–Kier alpha value is -0.750. The maximum absolute atomic E-state index is 13.5. The van der Waals surface area contributed by atoms with Crippen LogP contribution in [0.15, 0.2) is 23.1 Å². The number of ketones is 1. The Morgan fingerprint density at radius 2 is 1.79 bits per heavy atom. The highest BCUT2D eigenvalue weighted by atomic mass is 32.2. The molecular formula is C11H13F2O4PS. The van der Waals surface area contributed by atoms with E-state index in [9.17, 15) is 18.1 Å². The number of Topliss-reactive ketones (excluding diaryl/α,β-unsaturated/α-hetero) is 1. The van der Waals surface area contributed by atoms with Crippen LogP contribution in [0.4, 0.5) is 8.78 Å². The van der Waals surface area contributed by atoms with Crippen LogP contribution in [0.1, 0.15) is 13.8 Å². The fourth-order valence-corrected chi connectivity index (χ4v) is 3.17. The van der Waals surface area contributed by atoms with Crippen molar-refractivity contribution in [3.8, 4) is 0 Å². The summed E-state index contributed by atoms with van der Waals surface area (Å²) in [5, 5.41) is 0. The Bertz CT molecular complexity index is 521. The van der Waals surface area contributed by atoms with Gasteiger partial charge >= 0.3 is 7.60 Å². The van der Waals surface area contributed by atoms with Gasteiger partial charge in [0.2, 0.25) is 0 Å². The molecule has 0 aliphatic rings. The summed E-state index contributed by atoms with van der Waals surface area (Å²) in [6.45, 7) is 2.73. The number of rotatable bonds is 5. The van der Waals surface area contributed by atoms with Gasteiger partial charge < -0.3 is 9.79 Å². The molecule has 0 amide bonds. The van der Waals surface area contributed by atoms with E-state index in [2.05, 4.69) is 0 Å². The van der Waals surface area contributed by atoms with E-state index in [1.54, 1.807) is 0 Å². The second-order valence-electron chi connectivity index (χ2n) is 4.41. The van der Waals surface area contributed by atoms with Crippen LogP contribution in [0.2, 0.25) is 0 Å². The summed E-state index contributed by atoms with van der Waals surface area (Å²) < 4.78 is 36.4. The highest BCUT2D eigenvalue weighted by molar-refractivity contribution is 8.01. The average Bonchev–Trinajstić information content (AvgIpc) is 2.21. The molecule has 0 spiro atoms. The van der Waals surface area contributed by atoms with E-state index < -0.39 is 35.9 Å². The number of carbonyl (C=O) groups excluding carboxylic acids is 1. The fourth-order valence-electron chi connectivity index (χ4n) is 1.27. The summed E-state index contributed by atoms with van der Waals surface area (Å²) in [7, 11) is -4.50. The highest BCUT2D eigenvalue weighted by Crippen LogP contribution is 2.41. The zero-order chi connectivity index (χ0) is 14.8. The highest BCUT2D eigenvalue weighted by Gasteiger charge is 2.35. The SMILES string of the molecule is CC(C)(Sc1c(F)cccc1F)C(=O)CP(=O)(O)O. The Kier molecular flexibility index (Phi) is 4.90. The lowest BCUT2D eigenvalue weighted by atomic mass is 10.1. The van der Waals surface area contributed by atoms with Crippen molar-refractivity contribution in [3.63, 3.8) is 0 Å². The summed E-state index contributed by atoms with van der Waals surface area (Å²) >= 11 is 0.605. The van der Waals surface area contributed by atoms with Crippen LogP contribution in [-0.4, -0.2) is 26.5 Å². The van der Waals surface area contributed by atoms with Gasteiger partial charge in [-0.2, -0.15) is 0 Å². The molecule has 106 valence electrons. The van der Waals surface area contributed by atoms with Crippen molar-refractivity contribution in [3.05, 3.63) is 29.8 Å². The minimum atomic E-state index is -4.50. The van der Waals surface area contributed by atoms with E-state index in [1.165, 1.54) is 19.9 Å². The van der Waals surface area contributed by atoms with Crippen molar-refractivity contribution in [2.45, 2.75) is 23.5 Å². The second-order valence-corrected chi connectivity index (χ2v) is 7.69. The van der Waals surface area contributed by atoms with Crippen LogP contribution in [0.5, 0.6) is 0 Å². The minimum absolute atomic E-state index is 0.341. The zero-order valence-corrected chi connectivity index (χ0v) is 12.0. The Balaban J connectivity index is 2.97. The van der Waals surface area contributed by atoms with Gasteiger partial charge in [0.15, 0.2) is 5.78 Å². The molecule has 0 heterocycles. The number of hydrogen-bond acceptors (Lipinski definition) is 3. The van der Waals surface area contributed by atoms with Crippen molar-refractivity contribution >= 4 is 25.1 Å². The predicted octanol–water partition coefficient (Wildman–Crippen LogP) is 2.58. The summed E-state index contributed by atoms with van der Waals surface area (Å²) in [6, 6.07) is 3.29. The van der Waals surface area contributed by atoms with E-state index in [0.717, 1.165) is 12.1 Å². The minimum Gasteiger partial charge on any atom is -0.324 e. The first-order valence-corrected chi connectivity index (χ1v) is 7.85. The first kappa shape index (κ1) is 16.3. The number of hydrogen-bond donors (Lipinski definition) is 2. The summed E-state index contributed by atoms with van der Waals surface area (Å²) in [6.07, 6.45) is -0.955. The number of halogens is 2. The lowest BCUT2D eigenvalue weighted by Crippen LogP contribution is -2.30. The molecule has 0 fully saturated rings. The van der Waals surface area contributed by atoms with E-state index >= 15 is 0 Å². The van der Waals surface area contributed by atoms with Gasteiger partial charge in [-0.3, -0.25) is 9.36 Å². The van der Waals surface area contributed by atoms with E-state index in [1.807, 2.05) is 0 Å². The molecule has 0 saturated carbocycles. The molecule has 19 heavy (non-hydrogen) atoms. The van der Waals surface area contributed by atoms with Crippen molar-refractivity contribution in [2.24, 2.45) is 0 Å². The van der Waals surface area contributed by atoms with Gasteiger partial charge in [0, 0.05) is 0 Å². The molecule has 1 aromatic rings. The van der Waals surface area contributed by atoms with Gasteiger partial charge in [0.25, 0.3) is 0 Å². The average molecular weight is 310 g/mol. The lowest BCUT2D eigenvalue weighted by molar-refractivity contribution is -0.118. The Labute approximate surface area is 113 Å². The van der Waals surface area contributed by atoms with Gasteiger partial charge in [0.1, 0.15) is 17.8 Å². The predicted molar refractivity (Wildman–Crippen MR) is 68.2 cm³/mol. The van der Waals surface area contributed by atoms with Crippen LogP contribution in [0.25, 0.3) is 0 Å². The molecule has 0 saturated heterocycles. The molecule has 4 nitrogen and oxygen atoms in total. The third-order valence-electron chi connectivity index (χ3n) is 2.30. The van der Waals surface area contributed by atoms with Crippen molar-refractivity contribution in [1.29, 1.82) is 0 Å². The van der Waals surface area contributed by atoms with Crippen molar-refractivity contribution < 1.29 is 27.9 Å². The fraction of sp³-hybridized carbons (Fsp3) is 0.364. The third-order valence-corrected chi connectivity index (χ3v) is 4.33.